The third-order valence-electron chi connectivity index (χ3n) is 6.02. The molecule has 0 unspecified atom stereocenters. The van der Waals surface area contributed by atoms with E-state index in [-0.39, 0.29) is 11.9 Å². The lowest BCUT2D eigenvalue weighted by Crippen LogP contribution is -2.43. The summed E-state index contributed by atoms with van der Waals surface area (Å²) in [6, 6.07) is 14.4. The molecule has 1 aliphatic rings. The number of halogens is 1. The molecule has 2 atom stereocenters. The quantitative estimate of drug-likeness (QED) is 0.404. The maximum atomic E-state index is 14.8. The molecule has 0 bridgehead atoms. The average Bonchev–Trinajstić information content (AvgIpc) is 3.38. The molecule has 2 amide bonds. The third kappa shape index (κ3) is 4.36. The highest BCUT2D eigenvalue weighted by molar-refractivity contribution is 5.95. The lowest BCUT2D eigenvalue weighted by atomic mass is 10.0. The Morgan fingerprint density at radius 3 is 2.56 bits per heavy atom. The Labute approximate surface area is 185 Å². The highest BCUT2D eigenvalue weighted by atomic mass is 19.1. The van der Waals surface area contributed by atoms with Gasteiger partial charge in [0.1, 0.15) is 5.82 Å². The van der Waals surface area contributed by atoms with Crippen LogP contribution >= 0.6 is 0 Å². The van der Waals surface area contributed by atoms with Gasteiger partial charge in [-0.25, -0.2) is 14.9 Å². The summed E-state index contributed by atoms with van der Waals surface area (Å²) >= 11 is 0. The van der Waals surface area contributed by atoms with Gasteiger partial charge in [-0.15, -0.1) is 0 Å². The van der Waals surface area contributed by atoms with E-state index in [1.807, 2.05) is 41.0 Å². The molecule has 1 saturated carbocycles. The molecule has 2 aromatic carbocycles. The minimum absolute atomic E-state index is 0.266. The second kappa shape index (κ2) is 8.70. The fourth-order valence-corrected chi connectivity index (χ4v) is 4.41. The summed E-state index contributed by atoms with van der Waals surface area (Å²) in [5.41, 5.74) is 3.06. The molecule has 4 rings (SSSR count). The number of hydroxylamine groups is 1. The van der Waals surface area contributed by atoms with Gasteiger partial charge in [0.15, 0.2) is 5.67 Å². The van der Waals surface area contributed by atoms with Crippen molar-refractivity contribution in [3.63, 3.8) is 0 Å². The van der Waals surface area contributed by atoms with Crippen molar-refractivity contribution in [2.45, 2.75) is 51.4 Å². The van der Waals surface area contributed by atoms with E-state index >= 15 is 0 Å². The molecule has 1 aromatic heterocycles. The monoisotopic (exact) mass is 438 g/mol. The summed E-state index contributed by atoms with van der Waals surface area (Å²) in [6.07, 6.45) is 2.13. The number of fused-ring (bicyclic) bond motifs is 1. The molecule has 0 spiro atoms. The number of hydrogen-bond acceptors (Lipinski definition) is 4. The number of hydrogen-bond donors (Lipinski definition) is 3. The molecule has 0 saturated heterocycles. The standard InChI is InChI=1S/C24H27FN4O3/c1-24(2,25)23-27-19-7-3-4-9-20(19)29(23)14-15-10-12-16(13-11-15)21(30)26-18-8-5-6-17(18)22(31)28-32/h3-4,7,9-13,17-18,32H,5-6,8,14H2,1-2H3,(H,26,30)(H,28,31)/t17-,18+/m0/s1. The number of nitrogens with one attached hydrogen (secondary N) is 2. The van der Waals surface area contributed by atoms with Crippen molar-refractivity contribution in [3.05, 3.63) is 65.5 Å². The normalized spacial score (nSPS) is 18.6. The first-order valence-electron chi connectivity index (χ1n) is 10.8. The number of alkyl halides is 1. The maximum absolute atomic E-state index is 14.8. The summed E-state index contributed by atoms with van der Waals surface area (Å²) in [6.45, 7) is 3.41. The van der Waals surface area contributed by atoms with E-state index < -0.39 is 17.5 Å². The van der Waals surface area contributed by atoms with Crippen LogP contribution in [-0.4, -0.2) is 32.6 Å². The summed E-state index contributed by atoms with van der Waals surface area (Å²) in [5, 5.41) is 11.8. The van der Waals surface area contributed by atoms with Crippen LogP contribution in [0.4, 0.5) is 4.39 Å². The van der Waals surface area contributed by atoms with E-state index in [1.165, 1.54) is 13.8 Å². The fraction of sp³-hybridized carbons (Fsp3) is 0.375. The Balaban J connectivity index is 1.51. The van der Waals surface area contributed by atoms with Crippen LogP contribution in [-0.2, 0) is 17.0 Å². The Morgan fingerprint density at radius 1 is 1.16 bits per heavy atom. The van der Waals surface area contributed by atoms with Crippen LogP contribution in [0.5, 0.6) is 0 Å². The van der Waals surface area contributed by atoms with Crippen LogP contribution in [0.2, 0.25) is 0 Å². The molecule has 1 aliphatic carbocycles. The van der Waals surface area contributed by atoms with Crippen molar-refractivity contribution in [1.82, 2.24) is 20.3 Å². The molecule has 3 aromatic rings. The summed E-state index contributed by atoms with van der Waals surface area (Å²) in [4.78, 5) is 28.9. The van der Waals surface area contributed by atoms with Crippen LogP contribution in [0.3, 0.4) is 0 Å². The molecule has 0 radical (unpaired) electrons. The van der Waals surface area contributed by atoms with E-state index in [0.29, 0.717) is 30.8 Å². The molecule has 168 valence electrons. The van der Waals surface area contributed by atoms with Gasteiger partial charge >= 0.3 is 0 Å². The number of para-hydroxylation sites is 2. The number of carbonyl (C=O) groups is 2. The zero-order valence-electron chi connectivity index (χ0n) is 18.1. The summed E-state index contributed by atoms with van der Waals surface area (Å²) < 4.78 is 16.7. The lowest BCUT2D eigenvalue weighted by Gasteiger charge is -2.19. The maximum Gasteiger partial charge on any atom is 0.251 e. The molecular weight excluding hydrogens is 411 g/mol. The zero-order chi connectivity index (χ0) is 22.9. The van der Waals surface area contributed by atoms with Gasteiger partial charge in [0.05, 0.1) is 17.0 Å². The van der Waals surface area contributed by atoms with Crippen LogP contribution in [0.15, 0.2) is 48.5 Å². The number of benzene rings is 2. The van der Waals surface area contributed by atoms with E-state index in [0.717, 1.165) is 23.0 Å². The van der Waals surface area contributed by atoms with Gasteiger partial charge in [-0.05, 0) is 56.5 Å². The molecular formula is C24H27FN4O3. The van der Waals surface area contributed by atoms with Gasteiger partial charge in [-0.2, -0.15) is 0 Å². The highest BCUT2D eigenvalue weighted by Crippen LogP contribution is 2.29. The minimum Gasteiger partial charge on any atom is -0.349 e. The average molecular weight is 439 g/mol. The number of aromatic nitrogens is 2. The lowest BCUT2D eigenvalue weighted by molar-refractivity contribution is -0.133. The first kappa shape index (κ1) is 22.0. The number of amides is 2. The molecule has 3 N–H and O–H groups in total. The number of carbonyl (C=O) groups excluding carboxylic acids is 2. The SMILES string of the molecule is CC(C)(F)c1nc2ccccc2n1Cc1ccc(C(=O)N[C@@H]2CCC[C@@H]2C(=O)NO)cc1. The van der Waals surface area contributed by atoms with Gasteiger partial charge in [0, 0.05) is 18.2 Å². The Bertz CT molecular complexity index is 1130. The second-order valence-electron chi connectivity index (χ2n) is 8.77. The van der Waals surface area contributed by atoms with E-state index in [4.69, 9.17) is 5.21 Å². The van der Waals surface area contributed by atoms with Gasteiger partial charge < -0.3 is 9.88 Å². The summed E-state index contributed by atoms with van der Waals surface area (Å²) in [7, 11) is 0. The van der Waals surface area contributed by atoms with E-state index in [9.17, 15) is 14.0 Å². The molecule has 8 heteroatoms. The predicted octanol–water partition coefficient (Wildman–Crippen LogP) is 3.69. The first-order chi connectivity index (χ1) is 15.3. The molecule has 32 heavy (non-hydrogen) atoms. The van der Waals surface area contributed by atoms with Crippen molar-refractivity contribution in [2.75, 3.05) is 0 Å². The zero-order valence-corrected chi connectivity index (χ0v) is 18.1. The molecule has 7 nitrogen and oxygen atoms in total. The smallest absolute Gasteiger partial charge is 0.251 e. The van der Waals surface area contributed by atoms with Gasteiger partial charge in [-0.1, -0.05) is 30.7 Å². The van der Waals surface area contributed by atoms with Crippen LogP contribution in [0.1, 0.15) is 54.9 Å². The Kier molecular flexibility index (Phi) is 5.97. The van der Waals surface area contributed by atoms with E-state index in [1.54, 1.807) is 17.6 Å². The van der Waals surface area contributed by atoms with Gasteiger partial charge in [-0.3, -0.25) is 14.8 Å². The van der Waals surface area contributed by atoms with Crippen LogP contribution < -0.4 is 10.8 Å². The van der Waals surface area contributed by atoms with Crippen molar-refractivity contribution in [2.24, 2.45) is 5.92 Å². The van der Waals surface area contributed by atoms with E-state index in [2.05, 4.69) is 10.3 Å². The highest BCUT2D eigenvalue weighted by Gasteiger charge is 2.34. The first-order valence-corrected chi connectivity index (χ1v) is 10.8. The topological polar surface area (TPSA) is 96.2 Å². The number of imidazole rings is 1. The van der Waals surface area contributed by atoms with Crippen molar-refractivity contribution in [3.8, 4) is 0 Å². The third-order valence-corrected chi connectivity index (χ3v) is 6.02. The minimum atomic E-state index is -1.60. The van der Waals surface area contributed by atoms with Gasteiger partial charge in [0.2, 0.25) is 5.91 Å². The molecule has 0 aliphatic heterocycles. The van der Waals surface area contributed by atoms with Crippen LogP contribution in [0.25, 0.3) is 11.0 Å². The second-order valence-corrected chi connectivity index (χ2v) is 8.77. The van der Waals surface area contributed by atoms with Gasteiger partial charge in [0.25, 0.3) is 5.91 Å². The van der Waals surface area contributed by atoms with Crippen molar-refractivity contribution < 1.29 is 19.2 Å². The van der Waals surface area contributed by atoms with Crippen LogP contribution in [0, 0.1) is 5.92 Å². The number of rotatable bonds is 6. The molecule has 1 fully saturated rings. The Morgan fingerprint density at radius 2 is 1.88 bits per heavy atom. The number of nitrogens with zero attached hydrogens (tertiary/aromatic N) is 2. The van der Waals surface area contributed by atoms with Crippen molar-refractivity contribution >= 4 is 22.8 Å². The summed E-state index contributed by atoms with van der Waals surface area (Å²) in [5.74, 6) is -0.810. The fourth-order valence-electron chi connectivity index (χ4n) is 4.41. The predicted molar refractivity (Wildman–Crippen MR) is 118 cm³/mol. The largest absolute Gasteiger partial charge is 0.349 e. The van der Waals surface area contributed by atoms with Crippen molar-refractivity contribution in [1.29, 1.82) is 0 Å². The Hall–Kier alpha value is -3.26. The molecule has 1 heterocycles.